The molecule has 0 amide bonds. The molecular formula is C9H9ClN2O2. The molecule has 4 nitrogen and oxygen atoms in total. The van der Waals surface area contributed by atoms with E-state index in [1.54, 1.807) is 6.07 Å². The lowest BCUT2D eigenvalue weighted by Crippen LogP contribution is -2.02. The molecular weight excluding hydrogens is 204 g/mol. The summed E-state index contributed by atoms with van der Waals surface area (Å²) in [5.41, 5.74) is 0.713. The fourth-order valence-electron chi connectivity index (χ4n) is 0.954. The normalized spacial score (nSPS) is 9.50. The third kappa shape index (κ3) is 2.59. The predicted octanol–water partition coefficient (Wildman–Crippen LogP) is 1.78. The summed E-state index contributed by atoms with van der Waals surface area (Å²) >= 11 is 5.80. The van der Waals surface area contributed by atoms with Crippen LogP contribution < -0.4 is 4.74 Å². The van der Waals surface area contributed by atoms with Crippen LogP contribution in [0.1, 0.15) is 5.56 Å². The van der Waals surface area contributed by atoms with E-state index in [1.807, 2.05) is 6.07 Å². The SMILES string of the molecule is COCOc1c(CC#N)ccnc1Cl. The van der Waals surface area contributed by atoms with Crippen LogP contribution in [0.25, 0.3) is 0 Å². The number of hydrogen-bond acceptors (Lipinski definition) is 4. The molecule has 1 aromatic rings. The molecule has 0 aliphatic heterocycles. The third-order valence-corrected chi connectivity index (χ3v) is 1.80. The zero-order valence-electron chi connectivity index (χ0n) is 7.66. The maximum Gasteiger partial charge on any atom is 0.188 e. The molecule has 0 aliphatic carbocycles. The number of rotatable bonds is 4. The Hall–Kier alpha value is -1.31. The van der Waals surface area contributed by atoms with Crippen molar-refractivity contribution in [2.24, 2.45) is 0 Å². The number of ether oxygens (including phenoxy) is 2. The molecule has 0 atom stereocenters. The molecule has 5 heteroatoms. The van der Waals surface area contributed by atoms with E-state index in [0.717, 1.165) is 0 Å². The lowest BCUT2D eigenvalue weighted by molar-refractivity contribution is 0.0503. The first-order chi connectivity index (χ1) is 6.79. The minimum atomic E-state index is 0.0871. The molecule has 0 bridgehead atoms. The number of nitriles is 1. The summed E-state index contributed by atoms with van der Waals surface area (Å²) in [7, 11) is 1.51. The molecule has 14 heavy (non-hydrogen) atoms. The second-order valence-electron chi connectivity index (χ2n) is 2.48. The highest BCUT2D eigenvalue weighted by molar-refractivity contribution is 6.30. The Morgan fingerprint density at radius 1 is 1.64 bits per heavy atom. The zero-order chi connectivity index (χ0) is 10.4. The highest BCUT2D eigenvalue weighted by Gasteiger charge is 2.08. The van der Waals surface area contributed by atoms with Gasteiger partial charge in [0.25, 0.3) is 0 Å². The maximum atomic E-state index is 8.56. The van der Waals surface area contributed by atoms with E-state index in [4.69, 9.17) is 26.3 Å². The number of aromatic nitrogens is 1. The van der Waals surface area contributed by atoms with Gasteiger partial charge in [0, 0.05) is 18.9 Å². The fraction of sp³-hybridized carbons (Fsp3) is 0.333. The molecule has 0 aromatic carbocycles. The summed E-state index contributed by atoms with van der Waals surface area (Å²) in [5.74, 6) is 0.414. The molecule has 1 aromatic heterocycles. The van der Waals surface area contributed by atoms with Gasteiger partial charge in [0.15, 0.2) is 17.7 Å². The quantitative estimate of drug-likeness (QED) is 0.564. The van der Waals surface area contributed by atoms with E-state index >= 15 is 0 Å². The van der Waals surface area contributed by atoms with Gasteiger partial charge in [-0.05, 0) is 6.07 Å². The molecule has 0 spiro atoms. The highest BCUT2D eigenvalue weighted by Crippen LogP contribution is 2.26. The highest BCUT2D eigenvalue weighted by atomic mass is 35.5. The van der Waals surface area contributed by atoms with Crippen LogP contribution in [0.5, 0.6) is 5.75 Å². The Bertz CT molecular complexity index is 349. The van der Waals surface area contributed by atoms with Crippen LogP contribution in [0.4, 0.5) is 0 Å². The number of pyridine rings is 1. The van der Waals surface area contributed by atoms with Crippen LogP contribution in [-0.2, 0) is 11.2 Å². The van der Waals surface area contributed by atoms with Crippen molar-refractivity contribution in [3.05, 3.63) is 23.0 Å². The number of nitrogens with zero attached hydrogens (tertiary/aromatic N) is 2. The Kier molecular flexibility index (Phi) is 4.17. The molecule has 0 radical (unpaired) electrons. The molecule has 0 N–H and O–H groups in total. The lowest BCUT2D eigenvalue weighted by Gasteiger charge is -2.09. The van der Waals surface area contributed by atoms with Crippen LogP contribution in [0, 0.1) is 11.3 Å². The van der Waals surface area contributed by atoms with E-state index in [0.29, 0.717) is 11.3 Å². The maximum absolute atomic E-state index is 8.56. The van der Waals surface area contributed by atoms with Gasteiger partial charge in [-0.3, -0.25) is 0 Å². The summed E-state index contributed by atoms with van der Waals surface area (Å²) in [4.78, 5) is 3.85. The topological polar surface area (TPSA) is 55.1 Å². The Labute approximate surface area is 87.0 Å². The summed E-state index contributed by atoms with van der Waals surface area (Å²) in [5, 5.41) is 8.81. The van der Waals surface area contributed by atoms with E-state index in [-0.39, 0.29) is 18.4 Å². The second-order valence-corrected chi connectivity index (χ2v) is 2.83. The molecule has 74 valence electrons. The molecule has 0 unspecified atom stereocenters. The van der Waals surface area contributed by atoms with Gasteiger partial charge >= 0.3 is 0 Å². The first-order valence-electron chi connectivity index (χ1n) is 3.91. The fourth-order valence-corrected chi connectivity index (χ4v) is 1.19. The van der Waals surface area contributed by atoms with Crippen LogP contribution in [-0.4, -0.2) is 18.9 Å². The van der Waals surface area contributed by atoms with Crippen molar-refractivity contribution in [3.63, 3.8) is 0 Å². The monoisotopic (exact) mass is 212 g/mol. The van der Waals surface area contributed by atoms with Crippen molar-refractivity contribution in [1.82, 2.24) is 4.98 Å². The summed E-state index contributed by atoms with van der Waals surface area (Å²) in [6.45, 7) is 0.0871. The Morgan fingerprint density at radius 3 is 3.07 bits per heavy atom. The average molecular weight is 213 g/mol. The van der Waals surface area contributed by atoms with Gasteiger partial charge in [0.05, 0.1) is 12.5 Å². The first-order valence-corrected chi connectivity index (χ1v) is 4.29. The predicted molar refractivity (Wildman–Crippen MR) is 51.1 cm³/mol. The van der Waals surface area contributed by atoms with E-state index < -0.39 is 0 Å². The zero-order valence-corrected chi connectivity index (χ0v) is 8.41. The average Bonchev–Trinajstić information content (AvgIpc) is 2.18. The van der Waals surface area contributed by atoms with Gasteiger partial charge in [-0.1, -0.05) is 11.6 Å². The van der Waals surface area contributed by atoms with Gasteiger partial charge in [-0.2, -0.15) is 5.26 Å². The van der Waals surface area contributed by atoms with E-state index in [1.165, 1.54) is 13.3 Å². The van der Waals surface area contributed by atoms with Crippen LogP contribution in [0.2, 0.25) is 5.15 Å². The summed E-state index contributed by atoms with van der Waals surface area (Å²) in [6, 6.07) is 3.72. The molecule has 1 rings (SSSR count). The summed E-state index contributed by atoms with van der Waals surface area (Å²) < 4.78 is 9.94. The molecule has 0 aliphatic rings. The van der Waals surface area contributed by atoms with Gasteiger partial charge < -0.3 is 9.47 Å². The van der Waals surface area contributed by atoms with E-state index in [9.17, 15) is 0 Å². The Balaban J connectivity index is 2.91. The number of halogens is 1. The van der Waals surface area contributed by atoms with E-state index in [2.05, 4.69) is 4.98 Å². The Morgan fingerprint density at radius 2 is 2.43 bits per heavy atom. The lowest BCUT2D eigenvalue weighted by atomic mass is 10.2. The first kappa shape index (κ1) is 10.8. The van der Waals surface area contributed by atoms with Crippen molar-refractivity contribution in [3.8, 4) is 11.8 Å². The minimum Gasteiger partial charge on any atom is -0.464 e. The van der Waals surface area contributed by atoms with Gasteiger partial charge in [0.2, 0.25) is 0 Å². The van der Waals surface area contributed by atoms with Gasteiger partial charge in [-0.15, -0.1) is 0 Å². The smallest absolute Gasteiger partial charge is 0.188 e. The molecule has 0 saturated carbocycles. The van der Waals surface area contributed by atoms with Crippen molar-refractivity contribution < 1.29 is 9.47 Å². The second kappa shape index (κ2) is 5.43. The third-order valence-electron chi connectivity index (χ3n) is 1.53. The van der Waals surface area contributed by atoms with Crippen LogP contribution >= 0.6 is 11.6 Å². The van der Waals surface area contributed by atoms with Crippen molar-refractivity contribution in [1.29, 1.82) is 5.26 Å². The molecule has 0 saturated heterocycles. The molecule has 1 heterocycles. The standard InChI is InChI=1S/C9H9ClN2O2/c1-13-6-14-8-7(2-4-11)3-5-12-9(8)10/h3,5H,2,6H2,1H3. The number of methoxy groups -OCH3 is 1. The largest absolute Gasteiger partial charge is 0.464 e. The minimum absolute atomic E-state index is 0.0871. The number of hydrogen-bond donors (Lipinski definition) is 0. The van der Waals surface area contributed by atoms with Gasteiger partial charge in [-0.25, -0.2) is 4.98 Å². The van der Waals surface area contributed by atoms with Gasteiger partial charge in [0.1, 0.15) is 0 Å². The van der Waals surface area contributed by atoms with Crippen LogP contribution in [0.15, 0.2) is 12.3 Å². The summed E-state index contributed by atoms with van der Waals surface area (Å²) in [6.07, 6.45) is 1.77. The van der Waals surface area contributed by atoms with Crippen molar-refractivity contribution >= 4 is 11.6 Å². The van der Waals surface area contributed by atoms with Crippen molar-refractivity contribution in [2.75, 3.05) is 13.9 Å². The van der Waals surface area contributed by atoms with Crippen molar-refractivity contribution in [2.45, 2.75) is 6.42 Å². The molecule has 0 fully saturated rings. The van der Waals surface area contributed by atoms with Crippen LogP contribution in [0.3, 0.4) is 0 Å².